The molecule has 1 aromatic heterocycles. The summed E-state index contributed by atoms with van der Waals surface area (Å²) in [5, 5.41) is 9.76. The van der Waals surface area contributed by atoms with E-state index in [0.29, 0.717) is 13.1 Å². The SMILES string of the molecule is NCCNCCN.Nc1nnc(N)[nH]1. The maximum Gasteiger partial charge on any atom is 0.220 e. The molecule has 0 amide bonds. The minimum atomic E-state index is 0.248. The quantitative estimate of drug-likeness (QED) is 0.293. The van der Waals surface area contributed by atoms with E-state index in [4.69, 9.17) is 22.9 Å². The molecule has 8 heteroatoms. The molecule has 0 saturated carbocycles. The van der Waals surface area contributed by atoms with Crippen molar-refractivity contribution in [1.82, 2.24) is 20.5 Å². The molecule has 14 heavy (non-hydrogen) atoms. The van der Waals surface area contributed by atoms with Crippen LogP contribution >= 0.6 is 0 Å². The summed E-state index contributed by atoms with van der Waals surface area (Å²) in [5.74, 6) is 0.495. The molecule has 0 spiro atoms. The largest absolute Gasteiger partial charge is 0.368 e. The van der Waals surface area contributed by atoms with Crippen LogP contribution < -0.4 is 28.3 Å². The maximum atomic E-state index is 5.17. The van der Waals surface area contributed by atoms with Gasteiger partial charge in [-0.1, -0.05) is 0 Å². The second-order valence-corrected chi connectivity index (χ2v) is 2.42. The molecule has 0 bridgehead atoms. The molecule has 10 N–H and O–H groups in total. The summed E-state index contributed by atoms with van der Waals surface area (Å²) in [5.41, 5.74) is 20.5. The highest BCUT2D eigenvalue weighted by Crippen LogP contribution is 1.89. The first-order valence-electron chi connectivity index (χ1n) is 4.25. The Kier molecular flexibility index (Phi) is 7.42. The van der Waals surface area contributed by atoms with Crippen LogP contribution in [0.4, 0.5) is 11.9 Å². The zero-order valence-electron chi connectivity index (χ0n) is 8.03. The molecule has 0 unspecified atom stereocenters. The first kappa shape index (κ1) is 12.6. The Morgan fingerprint density at radius 3 is 1.64 bits per heavy atom. The molecule has 82 valence electrons. The van der Waals surface area contributed by atoms with E-state index in [1.807, 2.05) is 0 Å². The van der Waals surface area contributed by atoms with Crippen molar-refractivity contribution < 1.29 is 0 Å². The lowest BCUT2D eigenvalue weighted by atomic mass is 10.6. The van der Waals surface area contributed by atoms with Gasteiger partial charge in [0.1, 0.15) is 0 Å². The number of aromatic amines is 1. The van der Waals surface area contributed by atoms with E-state index >= 15 is 0 Å². The number of aromatic nitrogens is 3. The van der Waals surface area contributed by atoms with Crippen LogP contribution in [0.15, 0.2) is 0 Å². The molecular weight excluding hydrogens is 184 g/mol. The second kappa shape index (κ2) is 8.23. The Morgan fingerprint density at radius 2 is 1.43 bits per heavy atom. The first-order chi connectivity index (χ1) is 6.70. The van der Waals surface area contributed by atoms with Crippen molar-refractivity contribution in [3.8, 4) is 0 Å². The van der Waals surface area contributed by atoms with Crippen LogP contribution in [-0.4, -0.2) is 41.4 Å². The molecule has 0 fully saturated rings. The van der Waals surface area contributed by atoms with Gasteiger partial charge in [-0.2, -0.15) is 0 Å². The lowest BCUT2D eigenvalue weighted by Crippen LogP contribution is -2.27. The minimum Gasteiger partial charge on any atom is -0.368 e. The smallest absolute Gasteiger partial charge is 0.220 e. The number of rotatable bonds is 4. The van der Waals surface area contributed by atoms with Gasteiger partial charge in [0.05, 0.1) is 0 Å². The number of H-pyrrole nitrogens is 1. The number of nitrogen functional groups attached to an aromatic ring is 2. The summed E-state index contributed by atoms with van der Waals surface area (Å²) >= 11 is 0. The third-order valence-corrected chi connectivity index (χ3v) is 1.16. The van der Waals surface area contributed by atoms with E-state index in [0.717, 1.165) is 13.1 Å². The van der Waals surface area contributed by atoms with E-state index in [9.17, 15) is 0 Å². The molecule has 0 aromatic carbocycles. The number of nitrogens with zero attached hydrogens (tertiary/aromatic N) is 2. The first-order valence-corrected chi connectivity index (χ1v) is 4.25. The fraction of sp³-hybridized carbons (Fsp3) is 0.667. The summed E-state index contributed by atoms with van der Waals surface area (Å²) in [6.07, 6.45) is 0. The van der Waals surface area contributed by atoms with E-state index in [1.165, 1.54) is 0 Å². The topological polar surface area (TPSA) is 158 Å². The van der Waals surface area contributed by atoms with Crippen molar-refractivity contribution in [3.63, 3.8) is 0 Å². The van der Waals surface area contributed by atoms with Gasteiger partial charge in [-0.3, -0.25) is 4.98 Å². The van der Waals surface area contributed by atoms with E-state index in [1.54, 1.807) is 0 Å². The van der Waals surface area contributed by atoms with Crippen LogP contribution in [0.3, 0.4) is 0 Å². The van der Waals surface area contributed by atoms with Crippen molar-refractivity contribution in [2.45, 2.75) is 0 Å². The average Bonchev–Trinajstić information content (AvgIpc) is 2.52. The van der Waals surface area contributed by atoms with Crippen molar-refractivity contribution in [3.05, 3.63) is 0 Å². The Morgan fingerprint density at radius 1 is 1.00 bits per heavy atom. The fourth-order valence-electron chi connectivity index (χ4n) is 0.618. The van der Waals surface area contributed by atoms with Gasteiger partial charge in [-0.25, -0.2) is 0 Å². The molecule has 0 radical (unpaired) electrons. The van der Waals surface area contributed by atoms with Gasteiger partial charge in [0.25, 0.3) is 0 Å². The second-order valence-electron chi connectivity index (χ2n) is 2.42. The van der Waals surface area contributed by atoms with Crippen LogP contribution in [0.25, 0.3) is 0 Å². The van der Waals surface area contributed by atoms with Gasteiger partial charge in [0.2, 0.25) is 11.9 Å². The lowest BCUT2D eigenvalue weighted by molar-refractivity contribution is 0.696. The van der Waals surface area contributed by atoms with Gasteiger partial charge in [0.15, 0.2) is 0 Å². The monoisotopic (exact) mass is 202 g/mol. The van der Waals surface area contributed by atoms with Crippen molar-refractivity contribution in [2.75, 3.05) is 37.6 Å². The van der Waals surface area contributed by atoms with Gasteiger partial charge < -0.3 is 28.3 Å². The number of nitrogens with two attached hydrogens (primary N) is 4. The maximum absolute atomic E-state index is 5.17. The molecule has 1 rings (SSSR count). The normalized spacial score (nSPS) is 9.29. The highest BCUT2D eigenvalue weighted by molar-refractivity contribution is 5.23. The Bertz CT molecular complexity index is 201. The molecular formula is C6H18N8. The Hall–Kier alpha value is -1.38. The fourth-order valence-corrected chi connectivity index (χ4v) is 0.618. The minimum absolute atomic E-state index is 0.248. The number of hydrogen-bond donors (Lipinski definition) is 6. The van der Waals surface area contributed by atoms with Crippen LogP contribution in [0.1, 0.15) is 0 Å². The molecule has 1 heterocycles. The summed E-state index contributed by atoms with van der Waals surface area (Å²) in [4.78, 5) is 2.47. The molecule has 0 atom stereocenters. The zero-order valence-corrected chi connectivity index (χ0v) is 8.03. The van der Waals surface area contributed by atoms with Crippen LogP contribution in [0.2, 0.25) is 0 Å². The molecule has 0 aliphatic carbocycles. The summed E-state index contributed by atoms with van der Waals surface area (Å²) in [7, 11) is 0. The summed E-state index contributed by atoms with van der Waals surface area (Å²) < 4.78 is 0. The Balaban J connectivity index is 0.000000241. The molecule has 0 aliphatic rings. The standard InChI is InChI=1S/C4H13N3.C2H5N5/c5-1-3-7-4-2-6;3-1-5-2(4)7-6-1/h7H,1-6H2;(H5,3,4,5,6,7). The summed E-state index contributed by atoms with van der Waals surface area (Å²) in [6, 6.07) is 0. The van der Waals surface area contributed by atoms with E-state index in [2.05, 4.69) is 20.5 Å². The predicted octanol–water partition coefficient (Wildman–Crippen LogP) is -2.54. The average molecular weight is 202 g/mol. The van der Waals surface area contributed by atoms with Crippen molar-refractivity contribution in [1.29, 1.82) is 0 Å². The van der Waals surface area contributed by atoms with Gasteiger partial charge >= 0.3 is 0 Å². The number of nitrogens with one attached hydrogen (secondary N) is 2. The number of hydrogen-bond acceptors (Lipinski definition) is 7. The lowest BCUT2D eigenvalue weighted by Gasteiger charge is -1.95. The zero-order chi connectivity index (χ0) is 10.8. The van der Waals surface area contributed by atoms with Crippen molar-refractivity contribution in [2.24, 2.45) is 11.5 Å². The third kappa shape index (κ3) is 7.28. The molecule has 0 saturated heterocycles. The van der Waals surface area contributed by atoms with Gasteiger partial charge in [-0.05, 0) is 0 Å². The van der Waals surface area contributed by atoms with Crippen LogP contribution in [-0.2, 0) is 0 Å². The Labute approximate surface area is 82.4 Å². The van der Waals surface area contributed by atoms with Gasteiger partial charge in [0, 0.05) is 26.2 Å². The van der Waals surface area contributed by atoms with E-state index in [-0.39, 0.29) is 11.9 Å². The predicted molar refractivity (Wildman–Crippen MR) is 56.2 cm³/mol. The van der Waals surface area contributed by atoms with Crippen LogP contribution in [0, 0.1) is 0 Å². The van der Waals surface area contributed by atoms with Gasteiger partial charge in [-0.15, -0.1) is 10.2 Å². The number of anilines is 2. The highest BCUT2D eigenvalue weighted by atomic mass is 15.3. The summed E-state index contributed by atoms with van der Waals surface area (Å²) in [6.45, 7) is 3.13. The van der Waals surface area contributed by atoms with Crippen LogP contribution in [0.5, 0.6) is 0 Å². The van der Waals surface area contributed by atoms with E-state index < -0.39 is 0 Å². The van der Waals surface area contributed by atoms with Crippen molar-refractivity contribution >= 4 is 11.9 Å². The molecule has 8 nitrogen and oxygen atoms in total. The molecule has 1 aromatic rings. The highest BCUT2D eigenvalue weighted by Gasteiger charge is 1.87. The molecule has 0 aliphatic heterocycles. The third-order valence-electron chi connectivity index (χ3n) is 1.16.